The molecule has 0 amide bonds. The molecule has 1 aromatic carbocycles. The summed E-state index contributed by atoms with van der Waals surface area (Å²) in [5, 5.41) is 9.00. The topological polar surface area (TPSA) is 106 Å². The van der Waals surface area contributed by atoms with E-state index in [9.17, 15) is 13.2 Å². The van der Waals surface area contributed by atoms with Crippen LogP contribution in [0.2, 0.25) is 0 Å². The lowest BCUT2D eigenvalue weighted by atomic mass is 10.3. The first-order valence-electron chi connectivity index (χ1n) is 5.84. The number of carboxylic acid groups (broad SMARTS) is 1. The number of hydrogen-bond donors (Lipinski definition) is 2. The smallest absolute Gasteiger partial charge is 0.358 e. The van der Waals surface area contributed by atoms with Crippen molar-refractivity contribution in [2.45, 2.75) is 4.90 Å². The Morgan fingerprint density at radius 3 is 2.48 bits per heavy atom. The number of benzene rings is 1. The second-order valence-corrected chi connectivity index (χ2v) is 5.82. The summed E-state index contributed by atoms with van der Waals surface area (Å²) >= 11 is 0. The second kappa shape index (κ2) is 5.90. The molecular weight excluding hydrogens is 296 g/mol. The number of nitrogens with one attached hydrogen (secondary N) is 1. The number of pyridine rings is 1. The maximum atomic E-state index is 11.6. The van der Waals surface area contributed by atoms with E-state index in [2.05, 4.69) is 9.71 Å². The number of sulfonamides is 1. The highest BCUT2D eigenvalue weighted by molar-refractivity contribution is 7.89. The molecule has 0 unspecified atom stereocenters. The molecule has 7 nitrogen and oxygen atoms in total. The molecule has 0 fully saturated rings. The molecule has 0 radical (unpaired) electrons. The van der Waals surface area contributed by atoms with Crippen molar-refractivity contribution in [3.63, 3.8) is 0 Å². The number of hydrogen-bond acceptors (Lipinski definition) is 5. The number of carbonyl (C=O) groups is 1. The van der Waals surface area contributed by atoms with Crippen LogP contribution in [0.1, 0.15) is 10.5 Å². The Hall–Kier alpha value is -2.45. The van der Waals surface area contributed by atoms with Crippen LogP contribution in [-0.4, -0.2) is 31.5 Å². The van der Waals surface area contributed by atoms with Gasteiger partial charge in [-0.1, -0.05) is 0 Å². The molecule has 0 aliphatic rings. The van der Waals surface area contributed by atoms with Crippen LogP contribution in [0.25, 0.3) is 0 Å². The first-order chi connectivity index (χ1) is 9.94. The van der Waals surface area contributed by atoms with Gasteiger partial charge in [-0.25, -0.2) is 22.9 Å². The fourth-order valence-electron chi connectivity index (χ4n) is 1.57. The van der Waals surface area contributed by atoms with E-state index in [4.69, 9.17) is 9.84 Å². The lowest BCUT2D eigenvalue weighted by Gasteiger charge is -2.08. The lowest BCUT2D eigenvalue weighted by Crippen LogP contribution is -2.18. The van der Waals surface area contributed by atoms with E-state index in [0.29, 0.717) is 5.75 Å². The molecule has 0 spiro atoms. The Bertz CT molecular complexity index is 756. The van der Waals surface area contributed by atoms with Crippen molar-refractivity contribution in [2.24, 2.45) is 0 Å². The van der Waals surface area contributed by atoms with E-state index in [0.717, 1.165) is 0 Å². The highest BCUT2D eigenvalue weighted by Crippen LogP contribution is 2.25. The van der Waals surface area contributed by atoms with Crippen LogP contribution in [0.15, 0.2) is 47.5 Å². The number of nitrogens with zero attached hydrogens (tertiary/aromatic N) is 1. The van der Waals surface area contributed by atoms with Gasteiger partial charge in [-0.3, -0.25) is 0 Å². The van der Waals surface area contributed by atoms with Gasteiger partial charge in [-0.2, -0.15) is 0 Å². The Kier molecular flexibility index (Phi) is 4.20. The molecule has 21 heavy (non-hydrogen) atoms. The number of carboxylic acids is 1. The number of aromatic carboxylic acids is 1. The summed E-state index contributed by atoms with van der Waals surface area (Å²) in [6.45, 7) is 0. The normalized spacial score (nSPS) is 11.1. The average Bonchev–Trinajstić information content (AvgIpc) is 2.48. The zero-order valence-electron chi connectivity index (χ0n) is 11.0. The Morgan fingerprint density at radius 2 is 1.90 bits per heavy atom. The van der Waals surface area contributed by atoms with Crippen LogP contribution in [-0.2, 0) is 10.0 Å². The average molecular weight is 308 g/mol. The van der Waals surface area contributed by atoms with E-state index in [1.807, 2.05) is 0 Å². The summed E-state index contributed by atoms with van der Waals surface area (Å²) in [6, 6.07) is 8.60. The number of rotatable bonds is 5. The molecule has 8 heteroatoms. The van der Waals surface area contributed by atoms with Crippen molar-refractivity contribution < 1.29 is 23.1 Å². The number of ether oxygens (including phenoxy) is 1. The maximum Gasteiger partial charge on any atom is 0.358 e. The van der Waals surface area contributed by atoms with Gasteiger partial charge in [0.1, 0.15) is 5.75 Å². The van der Waals surface area contributed by atoms with Crippen LogP contribution in [0.5, 0.6) is 11.5 Å². The molecule has 0 bridgehead atoms. The molecular formula is C13H12N2O5S. The monoisotopic (exact) mass is 308 g/mol. The predicted octanol–water partition coefficient (Wildman–Crippen LogP) is 1.48. The molecule has 0 atom stereocenters. The lowest BCUT2D eigenvalue weighted by molar-refractivity contribution is 0.0687. The van der Waals surface area contributed by atoms with E-state index in [-0.39, 0.29) is 16.3 Å². The fourth-order valence-corrected chi connectivity index (χ4v) is 2.30. The van der Waals surface area contributed by atoms with Gasteiger partial charge in [0.2, 0.25) is 10.0 Å². The van der Waals surface area contributed by atoms with Crippen LogP contribution in [0.3, 0.4) is 0 Å². The van der Waals surface area contributed by atoms with Crippen LogP contribution in [0, 0.1) is 0 Å². The van der Waals surface area contributed by atoms with Crippen molar-refractivity contribution in [1.29, 1.82) is 0 Å². The van der Waals surface area contributed by atoms with E-state index >= 15 is 0 Å². The van der Waals surface area contributed by atoms with Crippen molar-refractivity contribution >= 4 is 16.0 Å². The molecule has 0 aliphatic carbocycles. The maximum absolute atomic E-state index is 11.6. The molecule has 0 saturated heterocycles. The quantitative estimate of drug-likeness (QED) is 0.866. The predicted molar refractivity (Wildman–Crippen MR) is 74.0 cm³/mol. The first kappa shape index (κ1) is 14.9. The van der Waals surface area contributed by atoms with Gasteiger partial charge < -0.3 is 9.84 Å². The Labute approximate surface area is 121 Å². The highest BCUT2D eigenvalue weighted by atomic mass is 32.2. The van der Waals surface area contributed by atoms with Crippen molar-refractivity contribution in [3.05, 3.63) is 48.3 Å². The van der Waals surface area contributed by atoms with Gasteiger partial charge in [-0.05, 0) is 43.4 Å². The fraction of sp³-hybridized carbons (Fsp3) is 0.0769. The molecule has 0 aliphatic heterocycles. The van der Waals surface area contributed by atoms with Crippen LogP contribution in [0.4, 0.5) is 0 Å². The van der Waals surface area contributed by atoms with E-state index < -0.39 is 16.0 Å². The van der Waals surface area contributed by atoms with E-state index in [1.165, 1.54) is 43.6 Å². The minimum Gasteiger partial charge on any atom is -0.476 e. The summed E-state index contributed by atoms with van der Waals surface area (Å²) in [7, 11) is -2.21. The SMILES string of the molecule is CNS(=O)(=O)c1ccc(Oc2cccnc2C(=O)O)cc1. The summed E-state index contributed by atoms with van der Waals surface area (Å²) in [6.07, 6.45) is 1.35. The summed E-state index contributed by atoms with van der Waals surface area (Å²) in [5.41, 5.74) is -0.218. The second-order valence-electron chi connectivity index (χ2n) is 3.94. The minimum absolute atomic E-state index is 0.0780. The van der Waals surface area contributed by atoms with Gasteiger partial charge in [0.05, 0.1) is 4.90 Å². The molecule has 1 aromatic heterocycles. The third kappa shape index (κ3) is 3.36. The summed E-state index contributed by atoms with van der Waals surface area (Å²) in [4.78, 5) is 14.8. The number of aromatic nitrogens is 1. The van der Waals surface area contributed by atoms with Gasteiger partial charge in [0.15, 0.2) is 11.4 Å². The van der Waals surface area contributed by atoms with Crippen LogP contribution < -0.4 is 9.46 Å². The highest BCUT2D eigenvalue weighted by Gasteiger charge is 2.14. The molecule has 0 saturated carbocycles. The summed E-state index contributed by atoms with van der Waals surface area (Å²) in [5.74, 6) is -0.824. The minimum atomic E-state index is -3.52. The van der Waals surface area contributed by atoms with Gasteiger partial charge >= 0.3 is 5.97 Å². The zero-order chi connectivity index (χ0) is 15.5. The molecule has 2 aromatic rings. The molecule has 2 rings (SSSR count). The Balaban J connectivity index is 2.28. The third-order valence-electron chi connectivity index (χ3n) is 2.60. The van der Waals surface area contributed by atoms with Crippen LogP contribution >= 0.6 is 0 Å². The third-order valence-corrected chi connectivity index (χ3v) is 4.03. The molecule has 110 valence electrons. The van der Waals surface area contributed by atoms with Crippen molar-refractivity contribution in [1.82, 2.24) is 9.71 Å². The molecule has 1 heterocycles. The van der Waals surface area contributed by atoms with Crippen molar-refractivity contribution in [3.8, 4) is 11.5 Å². The summed E-state index contributed by atoms with van der Waals surface area (Å²) < 4.78 is 30.8. The standard InChI is InChI=1S/C13H12N2O5S/c1-14-21(18,19)10-6-4-9(5-7-10)20-11-3-2-8-15-12(11)13(16)17/h2-8,14H,1H3,(H,16,17). The largest absolute Gasteiger partial charge is 0.476 e. The van der Waals surface area contributed by atoms with Gasteiger partial charge in [0.25, 0.3) is 0 Å². The van der Waals surface area contributed by atoms with E-state index in [1.54, 1.807) is 6.07 Å². The van der Waals surface area contributed by atoms with Crippen molar-refractivity contribution in [2.75, 3.05) is 7.05 Å². The molecule has 2 N–H and O–H groups in total. The zero-order valence-corrected chi connectivity index (χ0v) is 11.8. The first-order valence-corrected chi connectivity index (χ1v) is 7.32. The Morgan fingerprint density at radius 1 is 1.24 bits per heavy atom. The van der Waals surface area contributed by atoms with Gasteiger partial charge in [0, 0.05) is 6.20 Å². The van der Waals surface area contributed by atoms with Gasteiger partial charge in [-0.15, -0.1) is 0 Å².